The average molecular weight is 518 g/mol. The highest BCUT2D eigenvalue weighted by molar-refractivity contribution is 6.10. The van der Waals surface area contributed by atoms with Gasteiger partial charge in [-0.3, -0.25) is 4.98 Å². The smallest absolute Gasteiger partial charge is 0.156 e. The van der Waals surface area contributed by atoms with Gasteiger partial charge in [0.25, 0.3) is 0 Å². The molecule has 0 aliphatic heterocycles. The lowest BCUT2D eigenvalue weighted by Crippen LogP contribution is -2.18. The van der Waals surface area contributed by atoms with E-state index in [2.05, 4.69) is 30.9 Å². The Morgan fingerprint density at radius 1 is 1.11 bits per heavy atom. The van der Waals surface area contributed by atoms with Crippen LogP contribution in [0.25, 0.3) is 27.4 Å². The number of fused-ring (bicyclic) bond motifs is 2. The zero-order chi connectivity index (χ0) is 26.9. The Hall–Kier alpha value is -4.15. The molecule has 0 spiro atoms. The number of aromatic nitrogens is 3. The first-order chi connectivity index (χ1) is 18.5. The molecule has 4 rings (SSSR count). The number of likely N-dealkylation sites (N-methyl/N-ethyl adjacent to an activating group) is 1. The lowest BCUT2D eigenvalue weighted by Gasteiger charge is -2.19. The molecule has 0 aliphatic carbocycles. The van der Waals surface area contributed by atoms with Crippen molar-refractivity contribution in [3.8, 4) is 5.75 Å². The van der Waals surface area contributed by atoms with Gasteiger partial charge in [0, 0.05) is 49.6 Å². The van der Waals surface area contributed by atoms with Crippen LogP contribution in [0.1, 0.15) is 18.9 Å². The van der Waals surface area contributed by atoms with E-state index in [9.17, 15) is 0 Å². The van der Waals surface area contributed by atoms with Gasteiger partial charge in [-0.05, 0) is 55.9 Å². The van der Waals surface area contributed by atoms with E-state index in [1.807, 2.05) is 26.1 Å². The highest BCUT2D eigenvalue weighted by Gasteiger charge is 2.18. The van der Waals surface area contributed by atoms with Crippen LogP contribution < -0.4 is 20.7 Å². The summed E-state index contributed by atoms with van der Waals surface area (Å²) in [5.74, 6) is 0.511. The molecule has 4 N–H and O–H groups in total. The van der Waals surface area contributed by atoms with Gasteiger partial charge in [0.15, 0.2) is 5.82 Å². The Balaban J connectivity index is 1.74. The van der Waals surface area contributed by atoms with E-state index >= 15 is 4.39 Å². The molecule has 2 aromatic heterocycles. The zero-order valence-corrected chi connectivity index (χ0v) is 21.7. The minimum Gasteiger partial charge on any atom is -0.490 e. The second-order valence-electron chi connectivity index (χ2n) is 8.68. The van der Waals surface area contributed by atoms with E-state index in [-0.39, 0.29) is 11.8 Å². The molecule has 1 atom stereocenters. The number of pyridine rings is 1. The molecule has 0 unspecified atom stereocenters. The number of rotatable bonds is 13. The van der Waals surface area contributed by atoms with Crippen LogP contribution in [0.4, 0.5) is 15.9 Å². The number of hydrogen-bond acceptors (Lipinski definition) is 9. The van der Waals surface area contributed by atoms with Crippen LogP contribution in [-0.2, 0) is 4.74 Å². The van der Waals surface area contributed by atoms with Crippen LogP contribution in [0.3, 0.4) is 0 Å². The fourth-order valence-electron chi connectivity index (χ4n) is 4.01. The molecule has 2 aromatic carbocycles. The van der Waals surface area contributed by atoms with E-state index in [1.54, 1.807) is 43.7 Å². The standard InChI is InChI=1S/C28H32FN7O2/c1-18(8-11-37-12-10-31-2)38-25-14-19(20(15-30)16-32-3)13-24-26(25)28(35-17-34-24)36-23-7-6-22-21(27(23)29)5-4-9-33-22/h4-7,9,13-18,30-32H,8,10-12H2,1-3H3,(H,34,35,36)/b20-16+,30-15?/t18-/m1/s1. The lowest BCUT2D eigenvalue weighted by molar-refractivity contribution is 0.101. The molecule has 38 heavy (non-hydrogen) atoms. The average Bonchev–Trinajstić information content (AvgIpc) is 2.93. The molecule has 0 amide bonds. The molecule has 0 saturated heterocycles. The van der Waals surface area contributed by atoms with Gasteiger partial charge >= 0.3 is 0 Å². The van der Waals surface area contributed by atoms with Crippen molar-refractivity contribution >= 4 is 45.1 Å². The van der Waals surface area contributed by atoms with E-state index in [1.165, 1.54) is 12.5 Å². The predicted octanol–water partition coefficient (Wildman–Crippen LogP) is 4.66. The molecule has 0 saturated carbocycles. The van der Waals surface area contributed by atoms with Crippen LogP contribution >= 0.6 is 0 Å². The summed E-state index contributed by atoms with van der Waals surface area (Å²) in [7, 11) is 3.66. The summed E-state index contributed by atoms with van der Waals surface area (Å²) < 4.78 is 27.4. The first kappa shape index (κ1) is 26.9. The normalized spacial score (nSPS) is 12.5. The molecule has 4 aromatic rings. The summed E-state index contributed by atoms with van der Waals surface area (Å²) in [6.45, 7) is 3.91. The zero-order valence-electron chi connectivity index (χ0n) is 21.7. The molecule has 0 aliphatic rings. The number of benzene rings is 2. The van der Waals surface area contributed by atoms with Gasteiger partial charge in [0.1, 0.15) is 17.9 Å². The van der Waals surface area contributed by atoms with Crippen molar-refractivity contribution < 1.29 is 13.9 Å². The van der Waals surface area contributed by atoms with Crippen molar-refractivity contribution in [2.24, 2.45) is 0 Å². The predicted molar refractivity (Wildman–Crippen MR) is 150 cm³/mol. The monoisotopic (exact) mass is 517 g/mol. The van der Waals surface area contributed by atoms with Gasteiger partial charge in [0.05, 0.1) is 41.4 Å². The van der Waals surface area contributed by atoms with Gasteiger partial charge in [0.2, 0.25) is 0 Å². The second kappa shape index (κ2) is 12.9. The van der Waals surface area contributed by atoms with Crippen molar-refractivity contribution in [1.82, 2.24) is 25.6 Å². The molecule has 0 radical (unpaired) electrons. The molecule has 0 bridgehead atoms. The van der Waals surface area contributed by atoms with Crippen molar-refractivity contribution in [2.75, 3.05) is 39.2 Å². The number of ether oxygens (including phenoxy) is 2. The summed E-state index contributed by atoms with van der Waals surface area (Å²) in [5, 5.41) is 18.0. The Bertz CT molecular complexity index is 1440. The fourth-order valence-corrected chi connectivity index (χ4v) is 4.01. The number of nitrogens with one attached hydrogen (secondary N) is 4. The van der Waals surface area contributed by atoms with Gasteiger partial charge in [-0.2, -0.15) is 0 Å². The number of halogens is 1. The molecule has 10 heteroatoms. The van der Waals surface area contributed by atoms with E-state index in [0.717, 1.165) is 12.1 Å². The topological polar surface area (TPSA) is 117 Å². The molecule has 0 fully saturated rings. The molecular weight excluding hydrogens is 485 g/mol. The van der Waals surface area contributed by atoms with Crippen LogP contribution in [-0.4, -0.2) is 61.1 Å². The lowest BCUT2D eigenvalue weighted by atomic mass is 10.0. The Morgan fingerprint density at radius 3 is 2.76 bits per heavy atom. The van der Waals surface area contributed by atoms with Gasteiger partial charge in [-0.1, -0.05) is 0 Å². The SMILES string of the molecule is CN/C=C(\C=N)c1cc(O[C@H](C)CCOCCNC)c2c(Nc3ccc4ncccc4c3F)ncnc2c1. The molecule has 9 nitrogen and oxygen atoms in total. The molecule has 2 heterocycles. The Kier molecular flexibility index (Phi) is 9.12. The van der Waals surface area contributed by atoms with Gasteiger partial charge in [-0.15, -0.1) is 0 Å². The van der Waals surface area contributed by atoms with Crippen molar-refractivity contribution in [3.05, 3.63) is 66.5 Å². The second-order valence-corrected chi connectivity index (χ2v) is 8.68. The summed E-state index contributed by atoms with van der Waals surface area (Å²) in [5.41, 5.74) is 2.84. The largest absolute Gasteiger partial charge is 0.490 e. The third kappa shape index (κ3) is 6.21. The fraction of sp³-hybridized carbons (Fsp3) is 0.286. The number of allylic oxidation sites excluding steroid dienone is 1. The molecular formula is C28H32FN7O2. The van der Waals surface area contributed by atoms with Crippen LogP contribution in [0, 0.1) is 11.2 Å². The number of hydrogen-bond donors (Lipinski definition) is 4. The maximum atomic E-state index is 15.4. The first-order valence-corrected chi connectivity index (χ1v) is 12.4. The highest BCUT2D eigenvalue weighted by Crippen LogP contribution is 2.36. The van der Waals surface area contributed by atoms with Gasteiger partial charge in [-0.25, -0.2) is 14.4 Å². The van der Waals surface area contributed by atoms with Gasteiger partial charge < -0.3 is 30.8 Å². The third-order valence-corrected chi connectivity index (χ3v) is 5.96. The number of nitrogens with zero attached hydrogens (tertiary/aromatic N) is 3. The van der Waals surface area contributed by atoms with Crippen molar-refractivity contribution in [3.63, 3.8) is 0 Å². The summed E-state index contributed by atoms with van der Waals surface area (Å²) >= 11 is 0. The highest BCUT2D eigenvalue weighted by atomic mass is 19.1. The van der Waals surface area contributed by atoms with E-state index in [4.69, 9.17) is 14.9 Å². The van der Waals surface area contributed by atoms with Crippen molar-refractivity contribution in [1.29, 1.82) is 5.41 Å². The first-order valence-electron chi connectivity index (χ1n) is 12.4. The van der Waals surface area contributed by atoms with Crippen LogP contribution in [0.15, 0.2) is 55.1 Å². The van der Waals surface area contributed by atoms with E-state index < -0.39 is 5.82 Å². The van der Waals surface area contributed by atoms with E-state index in [0.29, 0.717) is 58.6 Å². The van der Waals surface area contributed by atoms with Crippen molar-refractivity contribution in [2.45, 2.75) is 19.4 Å². The maximum Gasteiger partial charge on any atom is 0.156 e. The third-order valence-electron chi connectivity index (χ3n) is 5.96. The Morgan fingerprint density at radius 2 is 1.97 bits per heavy atom. The summed E-state index contributed by atoms with van der Waals surface area (Å²) in [4.78, 5) is 13.1. The quantitative estimate of drug-likeness (QED) is 0.149. The summed E-state index contributed by atoms with van der Waals surface area (Å²) in [6, 6.07) is 10.5. The van der Waals surface area contributed by atoms with Crippen LogP contribution in [0.2, 0.25) is 0 Å². The number of anilines is 2. The van der Waals surface area contributed by atoms with Crippen LogP contribution in [0.5, 0.6) is 5.75 Å². The maximum absolute atomic E-state index is 15.4. The minimum absolute atomic E-state index is 0.184. The summed E-state index contributed by atoms with van der Waals surface area (Å²) in [6.07, 6.45) is 6.53. The minimum atomic E-state index is -0.420. The Labute approximate surface area is 221 Å². The molecule has 198 valence electrons.